The van der Waals surface area contributed by atoms with E-state index < -0.39 is 21.5 Å². The molecule has 0 spiro atoms. The van der Waals surface area contributed by atoms with Crippen molar-refractivity contribution in [3.63, 3.8) is 0 Å². The number of pyridine rings is 1. The van der Waals surface area contributed by atoms with Crippen molar-refractivity contribution in [1.82, 2.24) is 9.88 Å². The van der Waals surface area contributed by atoms with E-state index in [1.807, 2.05) is 0 Å². The summed E-state index contributed by atoms with van der Waals surface area (Å²) >= 11 is 12.2. The maximum absolute atomic E-state index is 12.7. The van der Waals surface area contributed by atoms with Crippen molar-refractivity contribution in [2.75, 3.05) is 27.9 Å². The number of alkyl halides is 3. The molecule has 1 aliphatic rings. The van der Waals surface area contributed by atoms with E-state index >= 15 is 0 Å². The quantitative estimate of drug-likeness (QED) is 0.346. The summed E-state index contributed by atoms with van der Waals surface area (Å²) in [5.41, 5.74) is -4.78. The molecule has 0 bridgehead atoms. The van der Waals surface area contributed by atoms with E-state index in [0.29, 0.717) is 23.8 Å². The van der Waals surface area contributed by atoms with Crippen molar-refractivity contribution in [2.24, 2.45) is 0 Å². The average Bonchev–Trinajstić information content (AvgIpc) is 3.07. The van der Waals surface area contributed by atoms with Gasteiger partial charge in [0, 0.05) is 31.1 Å². The third-order valence-electron chi connectivity index (χ3n) is 4.09. The lowest BCUT2D eigenvalue weighted by Gasteiger charge is -2.15. The fraction of sp³-hybridized carbons (Fsp3) is 0.412. The number of benzene rings is 1. The number of hydrogen-bond donors (Lipinski definition) is 0. The SMILES string of the molecule is COCC=O.COc1cc2c3c(c(OS(=O)(=O)C(F)(F)F)nc2c(Cl)c1Cl)CN(C)C3. The summed E-state index contributed by atoms with van der Waals surface area (Å²) in [7, 11) is -1.30. The van der Waals surface area contributed by atoms with Gasteiger partial charge < -0.3 is 18.5 Å². The van der Waals surface area contributed by atoms with Crippen molar-refractivity contribution in [3.8, 4) is 11.6 Å². The highest BCUT2D eigenvalue weighted by molar-refractivity contribution is 7.87. The molecule has 0 N–H and O–H groups in total. The standard InChI is InChI=1S/C14H11Cl2F3N2O4S.C3H6O2/c1-21-4-7-6-3-9(24-2)10(15)11(16)12(6)20-13(8(7)5-21)25-26(22,23)14(17,18)19;1-5-3-2-4/h3H,4-5H2,1-2H3;2H,3H2,1H3. The number of rotatable bonds is 5. The van der Waals surface area contributed by atoms with Crippen LogP contribution in [0.25, 0.3) is 10.9 Å². The molecule has 8 nitrogen and oxygen atoms in total. The van der Waals surface area contributed by atoms with E-state index in [2.05, 4.69) is 13.9 Å². The van der Waals surface area contributed by atoms with Gasteiger partial charge in [-0.05, 0) is 18.7 Å². The topological polar surface area (TPSA) is 95.0 Å². The van der Waals surface area contributed by atoms with Crippen molar-refractivity contribution in [3.05, 3.63) is 27.2 Å². The zero-order valence-corrected chi connectivity index (χ0v) is 18.7. The van der Waals surface area contributed by atoms with E-state index in [1.165, 1.54) is 14.2 Å². The molecule has 14 heteroatoms. The van der Waals surface area contributed by atoms with E-state index in [0.717, 1.165) is 0 Å². The van der Waals surface area contributed by atoms with Crippen LogP contribution in [0.3, 0.4) is 0 Å². The molecule has 3 rings (SSSR count). The number of carbonyl (C=O) groups is 1. The molecule has 0 radical (unpaired) electrons. The van der Waals surface area contributed by atoms with Crippen LogP contribution < -0.4 is 8.92 Å². The zero-order valence-electron chi connectivity index (χ0n) is 16.4. The molecular weight excluding hydrogens is 488 g/mol. The van der Waals surface area contributed by atoms with Crippen LogP contribution >= 0.6 is 23.2 Å². The van der Waals surface area contributed by atoms with E-state index in [1.54, 1.807) is 18.0 Å². The summed E-state index contributed by atoms with van der Waals surface area (Å²) in [6.45, 7) is 0.696. The van der Waals surface area contributed by atoms with Crippen LogP contribution in [-0.2, 0) is 32.7 Å². The van der Waals surface area contributed by atoms with Gasteiger partial charge in [0.2, 0.25) is 5.88 Å². The predicted octanol–water partition coefficient (Wildman–Crippen LogP) is 3.56. The second-order valence-corrected chi connectivity index (χ2v) is 8.55. The Hall–Kier alpha value is -1.86. The van der Waals surface area contributed by atoms with Gasteiger partial charge >= 0.3 is 15.6 Å². The van der Waals surface area contributed by atoms with Crippen LogP contribution in [0.1, 0.15) is 11.1 Å². The zero-order chi connectivity index (χ0) is 23.6. The summed E-state index contributed by atoms with van der Waals surface area (Å²) in [4.78, 5) is 15.0. The predicted molar refractivity (Wildman–Crippen MR) is 107 cm³/mol. The van der Waals surface area contributed by atoms with Crippen molar-refractivity contribution >= 4 is 50.5 Å². The lowest BCUT2D eigenvalue weighted by Crippen LogP contribution is -2.28. The van der Waals surface area contributed by atoms with E-state index in [4.69, 9.17) is 27.9 Å². The molecule has 1 aromatic heterocycles. The minimum atomic E-state index is -5.88. The Morgan fingerprint density at radius 1 is 1.19 bits per heavy atom. The molecule has 0 fully saturated rings. The fourth-order valence-electron chi connectivity index (χ4n) is 2.77. The number of halogens is 5. The minimum absolute atomic E-state index is 0.00472. The van der Waals surface area contributed by atoms with Gasteiger partial charge in [-0.15, -0.1) is 0 Å². The van der Waals surface area contributed by atoms with Crippen molar-refractivity contribution in [2.45, 2.75) is 18.6 Å². The second kappa shape index (κ2) is 9.74. The number of hydrogen-bond acceptors (Lipinski definition) is 8. The van der Waals surface area contributed by atoms with Gasteiger partial charge in [0.25, 0.3) is 0 Å². The maximum Gasteiger partial charge on any atom is 0.534 e. The van der Waals surface area contributed by atoms with Gasteiger partial charge in [0.05, 0.1) is 17.6 Å². The van der Waals surface area contributed by atoms with Crippen LogP contribution in [0.5, 0.6) is 11.6 Å². The smallest absolute Gasteiger partial charge is 0.495 e. The Morgan fingerprint density at radius 2 is 1.81 bits per heavy atom. The van der Waals surface area contributed by atoms with Crippen LogP contribution in [0, 0.1) is 0 Å². The number of aromatic nitrogens is 1. The Bertz CT molecular complexity index is 1100. The minimum Gasteiger partial charge on any atom is -0.495 e. The fourth-order valence-corrected chi connectivity index (χ4v) is 3.67. The molecule has 0 saturated carbocycles. The Morgan fingerprint density at radius 3 is 2.29 bits per heavy atom. The maximum atomic E-state index is 12.7. The summed E-state index contributed by atoms with van der Waals surface area (Å²) in [6.07, 6.45) is 0.708. The molecule has 0 saturated heterocycles. The van der Waals surface area contributed by atoms with Crippen molar-refractivity contribution < 1.29 is 40.0 Å². The van der Waals surface area contributed by atoms with Gasteiger partial charge in [-0.2, -0.15) is 21.6 Å². The second-order valence-electron chi connectivity index (χ2n) is 6.25. The first-order chi connectivity index (χ1) is 14.4. The first-order valence-electron chi connectivity index (χ1n) is 8.37. The molecule has 2 aromatic rings. The highest BCUT2D eigenvalue weighted by Crippen LogP contribution is 2.43. The van der Waals surface area contributed by atoms with Gasteiger partial charge in [0.15, 0.2) is 0 Å². The highest BCUT2D eigenvalue weighted by Gasteiger charge is 2.49. The normalized spacial score (nSPS) is 14.1. The Kier molecular flexibility index (Phi) is 7.98. The lowest BCUT2D eigenvalue weighted by atomic mass is 10.1. The molecule has 1 aliphatic heterocycles. The van der Waals surface area contributed by atoms with Crippen LogP contribution in [0.4, 0.5) is 13.2 Å². The molecule has 31 heavy (non-hydrogen) atoms. The summed E-state index contributed by atoms with van der Waals surface area (Å²) < 4.78 is 74.6. The molecule has 1 aromatic carbocycles. The van der Waals surface area contributed by atoms with Crippen LogP contribution in [0.2, 0.25) is 10.0 Å². The van der Waals surface area contributed by atoms with Gasteiger partial charge in [-0.1, -0.05) is 23.2 Å². The highest BCUT2D eigenvalue weighted by atomic mass is 35.5. The van der Waals surface area contributed by atoms with E-state index in [9.17, 15) is 26.4 Å². The summed E-state index contributed by atoms with van der Waals surface area (Å²) in [6, 6.07) is 1.55. The molecule has 0 aliphatic carbocycles. The Balaban J connectivity index is 0.000000614. The summed E-state index contributed by atoms with van der Waals surface area (Å²) in [5.74, 6) is -0.406. The number of ether oxygens (including phenoxy) is 2. The first kappa shape index (κ1) is 25.4. The number of methoxy groups -OCH3 is 2. The van der Waals surface area contributed by atoms with Crippen molar-refractivity contribution in [1.29, 1.82) is 0 Å². The first-order valence-corrected chi connectivity index (χ1v) is 10.5. The molecular formula is C17H17Cl2F3N2O6S. The molecule has 2 heterocycles. The number of carbonyl (C=O) groups excluding carboxylic acids is 1. The van der Waals surface area contributed by atoms with Crippen LogP contribution in [0.15, 0.2) is 6.07 Å². The van der Waals surface area contributed by atoms with Crippen LogP contribution in [-0.4, -0.2) is 58.0 Å². The van der Waals surface area contributed by atoms with Gasteiger partial charge in [-0.25, -0.2) is 4.98 Å². The largest absolute Gasteiger partial charge is 0.534 e. The number of aldehydes is 1. The molecule has 0 unspecified atom stereocenters. The monoisotopic (exact) mass is 504 g/mol. The molecule has 0 atom stereocenters. The summed E-state index contributed by atoms with van der Waals surface area (Å²) in [5, 5.41) is 0.421. The number of fused-ring (bicyclic) bond motifs is 3. The number of nitrogens with zero attached hydrogens (tertiary/aromatic N) is 2. The Labute approximate surface area is 185 Å². The van der Waals surface area contributed by atoms with Gasteiger partial charge in [0.1, 0.15) is 23.7 Å². The molecule has 172 valence electrons. The lowest BCUT2D eigenvalue weighted by molar-refractivity contribution is -0.110. The van der Waals surface area contributed by atoms with E-state index in [-0.39, 0.29) is 40.0 Å². The average molecular weight is 505 g/mol. The molecule has 0 amide bonds. The third-order valence-corrected chi connectivity index (χ3v) is 5.88. The van der Waals surface area contributed by atoms with Gasteiger partial charge in [-0.3, -0.25) is 4.90 Å². The third kappa shape index (κ3) is 5.32.